The zero-order chi connectivity index (χ0) is 17.8. The number of carbonyl (C=O) groups excluding carboxylic acids is 1. The minimum atomic E-state index is -0.740. The van der Waals surface area contributed by atoms with E-state index in [0.29, 0.717) is 23.8 Å². The zero-order valence-electron chi connectivity index (χ0n) is 13.5. The second kappa shape index (κ2) is 7.58. The Morgan fingerprint density at radius 1 is 1.40 bits per heavy atom. The van der Waals surface area contributed by atoms with Gasteiger partial charge < -0.3 is 9.64 Å². The van der Waals surface area contributed by atoms with Crippen LogP contribution in [0.4, 0.5) is 4.39 Å². The van der Waals surface area contributed by atoms with Crippen LogP contribution < -0.4 is 0 Å². The van der Waals surface area contributed by atoms with Crippen molar-refractivity contribution in [2.45, 2.75) is 6.54 Å². The zero-order valence-corrected chi connectivity index (χ0v) is 14.3. The molecule has 6 nitrogen and oxygen atoms in total. The largest absolute Gasteiger partial charge is 0.383 e. The fourth-order valence-electron chi connectivity index (χ4n) is 2.44. The van der Waals surface area contributed by atoms with E-state index in [1.165, 1.54) is 11.1 Å². The molecule has 0 bridgehead atoms. The summed E-state index contributed by atoms with van der Waals surface area (Å²) in [6, 6.07) is 6.78. The van der Waals surface area contributed by atoms with E-state index in [0.717, 1.165) is 9.96 Å². The molecular formula is C17H16ClFN4O2. The number of nitrogens with zero attached hydrogens (tertiary/aromatic N) is 4. The van der Waals surface area contributed by atoms with Gasteiger partial charge in [-0.3, -0.25) is 14.2 Å². The van der Waals surface area contributed by atoms with Crippen molar-refractivity contribution in [1.29, 1.82) is 0 Å². The van der Waals surface area contributed by atoms with E-state index in [4.69, 9.17) is 16.3 Å². The second-order valence-corrected chi connectivity index (χ2v) is 5.84. The summed E-state index contributed by atoms with van der Waals surface area (Å²) in [7, 11) is 1.54. The number of halogens is 2. The molecule has 1 amide bonds. The number of carbonyl (C=O) groups is 1. The fourth-order valence-corrected chi connectivity index (χ4v) is 2.60. The smallest absolute Gasteiger partial charge is 0.277 e. The summed E-state index contributed by atoms with van der Waals surface area (Å²) in [5, 5.41) is 0.356. The van der Waals surface area contributed by atoms with Crippen LogP contribution in [0.15, 0.2) is 42.9 Å². The SMILES string of the molecule is COCCN(Cc1cccnc1)C(=O)c1nc2ccc(Cl)cn2c1F. The Morgan fingerprint density at radius 3 is 2.96 bits per heavy atom. The third-order valence-electron chi connectivity index (χ3n) is 3.68. The number of hydrogen-bond acceptors (Lipinski definition) is 4. The molecule has 130 valence electrons. The summed E-state index contributed by atoms with van der Waals surface area (Å²) in [6.45, 7) is 0.912. The molecule has 3 heterocycles. The quantitative estimate of drug-likeness (QED) is 0.676. The van der Waals surface area contributed by atoms with E-state index in [9.17, 15) is 9.18 Å². The molecule has 0 atom stereocenters. The van der Waals surface area contributed by atoms with Crippen molar-refractivity contribution in [1.82, 2.24) is 19.3 Å². The van der Waals surface area contributed by atoms with Crippen molar-refractivity contribution >= 4 is 23.2 Å². The minimum Gasteiger partial charge on any atom is -0.383 e. The van der Waals surface area contributed by atoms with Crippen LogP contribution in [-0.4, -0.2) is 45.4 Å². The van der Waals surface area contributed by atoms with Crippen molar-refractivity contribution < 1.29 is 13.9 Å². The molecule has 0 aromatic carbocycles. The third-order valence-corrected chi connectivity index (χ3v) is 3.90. The summed E-state index contributed by atoms with van der Waals surface area (Å²) in [5.41, 5.74) is 0.903. The lowest BCUT2D eigenvalue weighted by atomic mass is 10.2. The van der Waals surface area contributed by atoms with Crippen LogP contribution in [0.1, 0.15) is 16.1 Å². The van der Waals surface area contributed by atoms with Crippen LogP contribution in [0.3, 0.4) is 0 Å². The molecule has 0 radical (unpaired) electrons. The monoisotopic (exact) mass is 362 g/mol. The van der Waals surface area contributed by atoms with Gasteiger partial charge in [-0.25, -0.2) is 4.98 Å². The van der Waals surface area contributed by atoms with Gasteiger partial charge in [0.05, 0.1) is 11.6 Å². The first-order chi connectivity index (χ1) is 12.1. The number of amides is 1. The number of rotatable bonds is 6. The number of pyridine rings is 2. The van der Waals surface area contributed by atoms with Gasteiger partial charge in [-0.2, -0.15) is 4.39 Å². The highest BCUT2D eigenvalue weighted by Crippen LogP contribution is 2.17. The fraction of sp³-hybridized carbons (Fsp3) is 0.235. The number of fused-ring (bicyclic) bond motifs is 1. The summed E-state index contributed by atoms with van der Waals surface area (Å²) in [5.74, 6) is -1.26. The Hall–Kier alpha value is -2.51. The average molecular weight is 363 g/mol. The maximum atomic E-state index is 14.6. The topological polar surface area (TPSA) is 59.7 Å². The van der Waals surface area contributed by atoms with Gasteiger partial charge >= 0.3 is 0 Å². The third kappa shape index (κ3) is 3.78. The first-order valence-electron chi connectivity index (χ1n) is 7.60. The molecule has 0 aliphatic heterocycles. The maximum absolute atomic E-state index is 14.6. The lowest BCUT2D eigenvalue weighted by Crippen LogP contribution is -2.34. The molecule has 0 aliphatic rings. The lowest BCUT2D eigenvalue weighted by molar-refractivity contribution is 0.0670. The van der Waals surface area contributed by atoms with Gasteiger partial charge in [0.25, 0.3) is 5.91 Å². The van der Waals surface area contributed by atoms with Gasteiger partial charge in [-0.15, -0.1) is 0 Å². The molecule has 3 rings (SSSR count). The number of ether oxygens (including phenoxy) is 1. The predicted molar refractivity (Wildman–Crippen MR) is 91.0 cm³/mol. The Labute approximate surface area is 148 Å². The Morgan fingerprint density at radius 2 is 2.24 bits per heavy atom. The minimum absolute atomic E-state index is 0.248. The summed E-state index contributed by atoms with van der Waals surface area (Å²) in [4.78, 5) is 22.5. The highest BCUT2D eigenvalue weighted by molar-refractivity contribution is 6.30. The van der Waals surface area contributed by atoms with Gasteiger partial charge in [-0.1, -0.05) is 17.7 Å². The van der Waals surface area contributed by atoms with Crippen LogP contribution >= 0.6 is 11.6 Å². The van der Waals surface area contributed by atoms with E-state index < -0.39 is 11.9 Å². The molecule has 3 aromatic heterocycles. The number of methoxy groups -OCH3 is 1. The molecule has 0 aliphatic carbocycles. The van der Waals surface area contributed by atoms with Crippen molar-refractivity contribution in [3.8, 4) is 0 Å². The molecule has 25 heavy (non-hydrogen) atoms. The summed E-state index contributed by atoms with van der Waals surface area (Å²) in [6.07, 6.45) is 4.69. The highest BCUT2D eigenvalue weighted by atomic mass is 35.5. The molecular weight excluding hydrogens is 347 g/mol. The van der Waals surface area contributed by atoms with Gasteiger partial charge in [-0.05, 0) is 23.8 Å². The van der Waals surface area contributed by atoms with Gasteiger partial charge in [0.2, 0.25) is 5.95 Å². The van der Waals surface area contributed by atoms with Crippen LogP contribution in [0.25, 0.3) is 5.65 Å². The molecule has 8 heteroatoms. The predicted octanol–water partition coefficient (Wildman–Crippen LogP) is 2.81. The number of hydrogen-bond donors (Lipinski definition) is 0. The Balaban J connectivity index is 1.92. The second-order valence-electron chi connectivity index (χ2n) is 5.41. The standard InChI is InChI=1S/C17H16ClFN4O2/c1-25-8-7-22(10-12-3-2-6-20-9-12)17(24)15-16(19)23-11-13(18)4-5-14(23)21-15/h2-6,9,11H,7-8,10H2,1H3. The van der Waals surface area contributed by atoms with E-state index in [2.05, 4.69) is 9.97 Å². The molecule has 0 N–H and O–H groups in total. The Kier molecular flexibility index (Phi) is 5.25. The molecule has 0 saturated carbocycles. The number of imidazole rings is 1. The lowest BCUT2D eigenvalue weighted by Gasteiger charge is -2.21. The Bertz CT molecular complexity index is 885. The molecule has 0 spiro atoms. The van der Waals surface area contributed by atoms with Crippen LogP contribution in [-0.2, 0) is 11.3 Å². The first-order valence-corrected chi connectivity index (χ1v) is 7.98. The van der Waals surface area contributed by atoms with Crippen molar-refractivity contribution in [3.05, 3.63) is 65.1 Å². The normalized spacial score (nSPS) is 11.0. The maximum Gasteiger partial charge on any atom is 0.277 e. The summed E-state index contributed by atoms with van der Waals surface area (Å²) < 4.78 is 20.8. The van der Waals surface area contributed by atoms with Gasteiger partial charge in [0, 0.05) is 38.8 Å². The molecule has 0 saturated heterocycles. The van der Waals surface area contributed by atoms with Gasteiger partial charge in [0.15, 0.2) is 5.69 Å². The molecule has 0 fully saturated rings. The van der Waals surface area contributed by atoms with Crippen molar-refractivity contribution in [2.75, 3.05) is 20.3 Å². The van der Waals surface area contributed by atoms with Crippen molar-refractivity contribution in [3.63, 3.8) is 0 Å². The van der Waals surface area contributed by atoms with Crippen LogP contribution in [0, 0.1) is 5.95 Å². The van der Waals surface area contributed by atoms with E-state index >= 15 is 0 Å². The van der Waals surface area contributed by atoms with E-state index in [1.54, 1.807) is 37.7 Å². The van der Waals surface area contributed by atoms with E-state index in [-0.39, 0.29) is 12.2 Å². The van der Waals surface area contributed by atoms with E-state index in [1.807, 2.05) is 6.07 Å². The average Bonchev–Trinajstić information content (AvgIpc) is 2.95. The number of aromatic nitrogens is 3. The van der Waals surface area contributed by atoms with Crippen molar-refractivity contribution in [2.24, 2.45) is 0 Å². The molecule has 3 aromatic rings. The first kappa shape index (κ1) is 17.3. The summed E-state index contributed by atoms with van der Waals surface area (Å²) >= 11 is 5.88. The highest BCUT2D eigenvalue weighted by Gasteiger charge is 2.24. The van der Waals surface area contributed by atoms with Crippen LogP contribution in [0.5, 0.6) is 0 Å². The van der Waals surface area contributed by atoms with Crippen LogP contribution in [0.2, 0.25) is 5.02 Å². The van der Waals surface area contributed by atoms with Gasteiger partial charge in [0.1, 0.15) is 5.65 Å². The molecule has 0 unspecified atom stereocenters.